The van der Waals surface area contributed by atoms with E-state index in [9.17, 15) is 4.79 Å². The maximum atomic E-state index is 12.1. The third-order valence-corrected chi connectivity index (χ3v) is 5.45. The number of para-hydroxylation sites is 1. The normalized spacial score (nSPS) is 11.0. The second-order valence-electron chi connectivity index (χ2n) is 6.13. The van der Waals surface area contributed by atoms with E-state index in [4.69, 9.17) is 16.9 Å². The third-order valence-electron chi connectivity index (χ3n) is 4.18. The van der Waals surface area contributed by atoms with Crippen LogP contribution in [0.5, 0.6) is 0 Å². The van der Waals surface area contributed by atoms with Crippen molar-refractivity contribution >= 4 is 46.2 Å². The molecule has 0 unspecified atom stereocenters. The number of fused-ring (bicyclic) bond motifs is 1. The van der Waals surface area contributed by atoms with Gasteiger partial charge in [-0.25, -0.2) is 0 Å². The van der Waals surface area contributed by atoms with Crippen LogP contribution in [0.1, 0.15) is 12.0 Å². The second kappa shape index (κ2) is 10.0. The fourth-order valence-corrected chi connectivity index (χ4v) is 3.76. The zero-order chi connectivity index (χ0) is 19.8. The molecule has 0 saturated heterocycles. The van der Waals surface area contributed by atoms with E-state index in [0.29, 0.717) is 19.5 Å². The number of thioether (sulfide) groups is 1. The Kier molecular flexibility index (Phi) is 7.18. The van der Waals surface area contributed by atoms with Crippen molar-refractivity contribution in [2.75, 3.05) is 12.3 Å². The van der Waals surface area contributed by atoms with Gasteiger partial charge in [0, 0.05) is 57.5 Å². The van der Waals surface area contributed by atoms with Crippen LogP contribution in [-0.4, -0.2) is 22.8 Å². The number of halogens is 1. The molecule has 6 heteroatoms. The highest BCUT2D eigenvalue weighted by Gasteiger charge is 2.06. The van der Waals surface area contributed by atoms with Crippen molar-refractivity contribution in [3.05, 3.63) is 71.4 Å². The Labute approximate surface area is 173 Å². The van der Waals surface area contributed by atoms with Crippen LogP contribution in [0.15, 0.2) is 65.7 Å². The van der Waals surface area contributed by atoms with E-state index >= 15 is 0 Å². The highest BCUT2D eigenvalue weighted by Crippen LogP contribution is 2.23. The van der Waals surface area contributed by atoms with Gasteiger partial charge in [-0.3, -0.25) is 4.79 Å². The summed E-state index contributed by atoms with van der Waals surface area (Å²) in [6.45, 7) is 1.22. The number of hydrogen-bond acceptors (Lipinski definition) is 3. The number of aromatic nitrogens is 1. The van der Waals surface area contributed by atoms with Gasteiger partial charge in [0.15, 0.2) is 0 Å². The first-order valence-electron chi connectivity index (χ1n) is 8.96. The lowest BCUT2D eigenvalue weighted by molar-refractivity contribution is -0.116. The Morgan fingerprint density at radius 1 is 1.21 bits per heavy atom. The largest absolute Gasteiger partial charge is 0.352 e. The molecule has 3 aromatic rings. The van der Waals surface area contributed by atoms with E-state index in [0.717, 1.165) is 32.1 Å². The Balaban J connectivity index is 1.55. The maximum absolute atomic E-state index is 12.1. The topological polar surface area (TPSA) is 57.8 Å². The van der Waals surface area contributed by atoms with Crippen LogP contribution in [0.2, 0.25) is 5.02 Å². The molecule has 0 spiro atoms. The van der Waals surface area contributed by atoms with Gasteiger partial charge in [0.1, 0.15) is 0 Å². The highest BCUT2D eigenvalue weighted by molar-refractivity contribution is 7.99. The monoisotopic (exact) mass is 409 g/mol. The molecule has 4 nitrogen and oxygen atoms in total. The molecule has 0 fully saturated rings. The summed E-state index contributed by atoms with van der Waals surface area (Å²) in [6.07, 6.45) is 5.83. The number of nitrogens with one attached hydrogen (secondary N) is 1. The minimum Gasteiger partial charge on any atom is -0.352 e. The molecule has 2 aromatic carbocycles. The predicted octanol–water partition coefficient (Wildman–Crippen LogP) is 5.13. The maximum Gasteiger partial charge on any atom is 0.244 e. The summed E-state index contributed by atoms with van der Waals surface area (Å²) in [5, 5.41) is 13.5. The van der Waals surface area contributed by atoms with Gasteiger partial charge >= 0.3 is 0 Å². The zero-order valence-corrected chi connectivity index (χ0v) is 16.8. The van der Waals surface area contributed by atoms with Crippen LogP contribution < -0.4 is 5.32 Å². The van der Waals surface area contributed by atoms with Crippen LogP contribution in [0.4, 0.5) is 0 Å². The van der Waals surface area contributed by atoms with Crippen molar-refractivity contribution in [1.82, 2.24) is 9.88 Å². The van der Waals surface area contributed by atoms with Crippen LogP contribution in [0, 0.1) is 11.3 Å². The van der Waals surface area contributed by atoms with Crippen LogP contribution in [0.3, 0.4) is 0 Å². The number of nitriles is 1. The molecule has 0 aliphatic rings. The Morgan fingerprint density at radius 2 is 2.00 bits per heavy atom. The lowest BCUT2D eigenvalue weighted by Gasteiger charge is -2.03. The quantitative estimate of drug-likeness (QED) is 0.318. The molecule has 0 bridgehead atoms. The molecular formula is C22H20ClN3OS. The average molecular weight is 410 g/mol. The first kappa shape index (κ1) is 20.1. The molecule has 0 saturated carbocycles. The van der Waals surface area contributed by atoms with E-state index in [1.54, 1.807) is 17.8 Å². The fraction of sp³-hybridized carbons (Fsp3) is 0.182. The summed E-state index contributed by atoms with van der Waals surface area (Å²) in [6, 6.07) is 17.8. The van der Waals surface area contributed by atoms with Crippen molar-refractivity contribution in [2.45, 2.75) is 17.9 Å². The van der Waals surface area contributed by atoms with E-state index in [2.05, 4.69) is 16.0 Å². The van der Waals surface area contributed by atoms with Gasteiger partial charge in [-0.2, -0.15) is 5.26 Å². The number of aryl methyl sites for hydroxylation is 1. The standard InChI is InChI=1S/C22H20ClN3OS/c23-18-7-9-19(10-8-18)28-15-13-25-22(27)11-6-17-16-26(14-3-12-24)21-5-2-1-4-20(17)21/h1-2,4-11,16H,3,13-15H2,(H,25,27)/b11-6+. The molecule has 1 amide bonds. The minimum absolute atomic E-state index is 0.120. The van der Waals surface area contributed by atoms with E-state index in [-0.39, 0.29) is 5.91 Å². The smallest absolute Gasteiger partial charge is 0.244 e. The van der Waals surface area contributed by atoms with Crippen LogP contribution in [-0.2, 0) is 11.3 Å². The van der Waals surface area contributed by atoms with Gasteiger partial charge in [-0.05, 0) is 36.4 Å². The third kappa shape index (κ3) is 5.41. The van der Waals surface area contributed by atoms with Crippen molar-refractivity contribution < 1.29 is 4.79 Å². The minimum atomic E-state index is -0.120. The molecule has 3 rings (SSSR count). The van der Waals surface area contributed by atoms with E-state index in [1.807, 2.05) is 60.8 Å². The SMILES string of the molecule is N#CCCn1cc(/C=C/C(=O)NCCSc2ccc(Cl)cc2)c2ccccc21. The summed E-state index contributed by atoms with van der Waals surface area (Å²) >= 11 is 7.54. The molecule has 0 atom stereocenters. The molecule has 0 radical (unpaired) electrons. The van der Waals surface area contributed by atoms with Gasteiger partial charge < -0.3 is 9.88 Å². The lowest BCUT2D eigenvalue weighted by Crippen LogP contribution is -2.23. The van der Waals surface area contributed by atoms with Gasteiger partial charge in [-0.1, -0.05) is 29.8 Å². The number of rotatable bonds is 8. The summed E-state index contributed by atoms with van der Waals surface area (Å²) in [5.74, 6) is 0.667. The summed E-state index contributed by atoms with van der Waals surface area (Å²) in [7, 11) is 0. The lowest BCUT2D eigenvalue weighted by atomic mass is 10.1. The van der Waals surface area contributed by atoms with Crippen LogP contribution in [0.25, 0.3) is 17.0 Å². The number of carbonyl (C=O) groups excluding carboxylic acids is 1. The zero-order valence-electron chi connectivity index (χ0n) is 15.3. The summed E-state index contributed by atoms with van der Waals surface area (Å²) in [4.78, 5) is 13.2. The molecule has 1 heterocycles. The predicted molar refractivity (Wildman–Crippen MR) is 116 cm³/mol. The molecule has 142 valence electrons. The molecule has 28 heavy (non-hydrogen) atoms. The van der Waals surface area contributed by atoms with Crippen molar-refractivity contribution in [2.24, 2.45) is 0 Å². The van der Waals surface area contributed by atoms with Gasteiger partial charge in [-0.15, -0.1) is 11.8 Å². The number of hydrogen-bond donors (Lipinski definition) is 1. The number of carbonyl (C=O) groups is 1. The number of benzene rings is 2. The Bertz CT molecular complexity index is 1020. The fourth-order valence-electron chi connectivity index (χ4n) is 2.86. The van der Waals surface area contributed by atoms with Crippen molar-refractivity contribution in [3.63, 3.8) is 0 Å². The molecule has 1 aromatic heterocycles. The summed E-state index contributed by atoms with van der Waals surface area (Å²) < 4.78 is 2.05. The first-order chi connectivity index (χ1) is 13.7. The van der Waals surface area contributed by atoms with Crippen LogP contribution >= 0.6 is 23.4 Å². The first-order valence-corrected chi connectivity index (χ1v) is 10.3. The number of nitrogens with zero attached hydrogens (tertiary/aromatic N) is 2. The molecule has 1 N–H and O–H groups in total. The molecule has 0 aliphatic heterocycles. The van der Waals surface area contributed by atoms with Gasteiger partial charge in [0.25, 0.3) is 0 Å². The van der Waals surface area contributed by atoms with Crippen molar-refractivity contribution in [3.8, 4) is 6.07 Å². The molecular weight excluding hydrogens is 390 g/mol. The second-order valence-corrected chi connectivity index (χ2v) is 7.73. The van der Waals surface area contributed by atoms with Gasteiger partial charge in [0.05, 0.1) is 12.5 Å². The molecule has 0 aliphatic carbocycles. The average Bonchev–Trinajstić information content (AvgIpc) is 3.07. The number of amides is 1. The summed E-state index contributed by atoms with van der Waals surface area (Å²) in [5.41, 5.74) is 2.04. The van der Waals surface area contributed by atoms with Gasteiger partial charge in [0.2, 0.25) is 5.91 Å². The highest BCUT2D eigenvalue weighted by atomic mass is 35.5. The Morgan fingerprint density at radius 3 is 2.79 bits per heavy atom. The van der Waals surface area contributed by atoms with E-state index in [1.165, 1.54) is 0 Å². The Hall–Kier alpha value is -2.68. The van der Waals surface area contributed by atoms with Crippen molar-refractivity contribution in [1.29, 1.82) is 5.26 Å². The van der Waals surface area contributed by atoms with E-state index < -0.39 is 0 Å².